The van der Waals surface area contributed by atoms with Gasteiger partial charge in [-0.1, -0.05) is 60.4 Å². The Morgan fingerprint density at radius 2 is 1.76 bits per heavy atom. The van der Waals surface area contributed by atoms with Crippen LogP contribution in [0.2, 0.25) is 0 Å². The molecule has 0 saturated carbocycles. The van der Waals surface area contributed by atoms with Crippen molar-refractivity contribution < 1.29 is 9.47 Å². The van der Waals surface area contributed by atoms with Crippen LogP contribution in [0.1, 0.15) is 50.8 Å². The number of benzene rings is 2. The predicted molar refractivity (Wildman–Crippen MR) is 117 cm³/mol. The van der Waals surface area contributed by atoms with E-state index in [0.717, 1.165) is 37.2 Å². The Morgan fingerprint density at radius 3 is 2.55 bits per heavy atom. The van der Waals surface area contributed by atoms with Gasteiger partial charge in [-0.2, -0.15) is 0 Å². The zero-order valence-corrected chi connectivity index (χ0v) is 17.9. The van der Waals surface area contributed by atoms with Gasteiger partial charge in [-0.3, -0.25) is 4.90 Å². The average molecular weight is 390 g/mol. The standard InChI is InChI=1S/C26H31NO2/c1-25(2)22-15-17-26(3,29-24(22)21-13-8-9-14-23(21)28-25)16-10-18-27(4)19-20-11-6-5-7-12-20/h5-9,11-14,22,24H,15,17-19H2,1-4H3. The van der Waals surface area contributed by atoms with Gasteiger partial charge in [0.05, 0.1) is 12.6 Å². The van der Waals surface area contributed by atoms with E-state index in [2.05, 4.69) is 81.0 Å². The minimum atomic E-state index is -0.421. The van der Waals surface area contributed by atoms with Crippen molar-refractivity contribution in [3.63, 3.8) is 0 Å². The molecule has 1 saturated heterocycles. The van der Waals surface area contributed by atoms with E-state index >= 15 is 0 Å². The van der Waals surface area contributed by atoms with E-state index in [0.29, 0.717) is 5.92 Å². The molecule has 2 aromatic carbocycles. The number of rotatable bonds is 3. The van der Waals surface area contributed by atoms with Gasteiger partial charge in [-0.05, 0) is 52.3 Å². The normalized spacial score (nSPS) is 27.2. The third-order valence-corrected chi connectivity index (χ3v) is 6.17. The molecule has 0 bridgehead atoms. The highest BCUT2D eigenvalue weighted by atomic mass is 16.5. The molecule has 2 aliphatic rings. The minimum absolute atomic E-state index is 0.0325. The summed E-state index contributed by atoms with van der Waals surface area (Å²) in [7, 11) is 2.11. The molecule has 0 aliphatic carbocycles. The van der Waals surface area contributed by atoms with E-state index in [9.17, 15) is 0 Å². The molecule has 3 nitrogen and oxygen atoms in total. The first-order valence-electron chi connectivity index (χ1n) is 10.5. The number of hydrogen-bond acceptors (Lipinski definition) is 3. The van der Waals surface area contributed by atoms with Crippen molar-refractivity contribution in [1.82, 2.24) is 4.90 Å². The lowest BCUT2D eigenvalue weighted by Gasteiger charge is -2.50. The van der Waals surface area contributed by atoms with E-state index < -0.39 is 5.60 Å². The van der Waals surface area contributed by atoms with Crippen LogP contribution < -0.4 is 4.74 Å². The fourth-order valence-electron chi connectivity index (χ4n) is 4.57. The molecule has 0 aromatic heterocycles. The molecule has 1 fully saturated rings. The molecule has 2 aromatic rings. The van der Waals surface area contributed by atoms with Crippen LogP contribution in [0.25, 0.3) is 0 Å². The molecule has 0 amide bonds. The highest BCUT2D eigenvalue weighted by Crippen LogP contribution is 2.52. The first kappa shape index (κ1) is 20.0. The van der Waals surface area contributed by atoms with Crippen molar-refractivity contribution in [1.29, 1.82) is 0 Å². The quantitative estimate of drug-likeness (QED) is 0.672. The maximum absolute atomic E-state index is 6.67. The monoisotopic (exact) mass is 389 g/mol. The largest absolute Gasteiger partial charge is 0.487 e. The Morgan fingerprint density at radius 1 is 1.03 bits per heavy atom. The molecular formula is C26H31NO2. The molecule has 3 atom stereocenters. The zero-order valence-electron chi connectivity index (χ0n) is 17.9. The Bertz CT molecular complexity index is 911. The molecule has 0 radical (unpaired) electrons. The smallest absolute Gasteiger partial charge is 0.126 e. The SMILES string of the molecule is CN(CC#CC1(C)CCC2C(O1)c1ccccc1OC2(C)C)Cc1ccccc1. The average Bonchev–Trinajstić information content (AvgIpc) is 2.68. The summed E-state index contributed by atoms with van der Waals surface area (Å²) < 4.78 is 13.0. The topological polar surface area (TPSA) is 21.7 Å². The Hall–Kier alpha value is -2.28. The predicted octanol–water partition coefficient (Wildman–Crippen LogP) is 5.22. The maximum atomic E-state index is 6.67. The lowest BCUT2D eigenvalue weighted by Crippen LogP contribution is -2.50. The van der Waals surface area contributed by atoms with E-state index in [1.54, 1.807) is 0 Å². The van der Waals surface area contributed by atoms with E-state index in [1.807, 2.05) is 18.2 Å². The number of fused-ring (bicyclic) bond motifs is 3. The molecular weight excluding hydrogens is 358 g/mol. The third kappa shape index (κ3) is 4.34. The lowest BCUT2D eigenvalue weighted by atomic mass is 9.73. The van der Waals surface area contributed by atoms with Gasteiger partial charge in [-0.25, -0.2) is 0 Å². The second kappa shape index (κ2) is 7.86. The van der Waals surface area contributed by atoms with Crippen molar-refractivity contribution in [2.75, 3.05) is 13.6 Å². The molecule has 3 heteroatoms. The fraction of sp³-hybridized carbons (Fsp3) is 0.462. The fourth-order valence-corrected chi connectivity index (χ4v) is 4.57. The highest BCUT2D eigenvalue weighted by Gasteiger charge is 2.49. The van der Waals surface area contributed by atoms with Crippen LogP contribution in [0.3, 0.4) is 0 Å². The zero-order chi connectivity index (χ0) is 20.5. The Balaban J connectivity index is 1.46. The van der Waals surface area contributed by atoms with Gasteiger partial charge in [0.1, 0.15) is 17.0 Å². The third-order valence-electron chi connectivity index (χ3n) is 6.17. The minimum Gasteiger partial charge on any atom is -0.487 e. The van der Waals surface area contributed by atoms with E-state index in [-0.39, 0.29) is 11.7 Å². The molecule has 3 unspecified atom stereocenters. The van der Waals surface area contributed by atoms with Crippen molar-refractivity contribution >= 4 is 0 Å². The van der Waals surface area contributed by atoms with Crippen LogP contribution in [0.5, 0.6) is 5.75 Å². The summed E-state index contributed by atoms with van der Waals surface area (Å²) in [5.41, 5.74) is 1.81. The summed E-state index contributed by atoms with van der Waals surface area (Å²) in [6.45, 7) is 8.12. The van der Waals surface area contributed by atoms with Gasteiger partial charge in [0.15, 0.2) is 0 Å². The van der Waals surface area contributed by atoms with E-state index in [1.165, 1.54) is 5.56 Å². The van der Waals surface area contributed by atoms with E-state index in [4.69, 9.17) is 9.47 Å². The van der Waals surface area contributed by atoms with Gasteiger partial charge in [-0.15, -0.1) is 0 Å². The Kier molecular flexibility index (Phi) is 5.42. The maximum Gasteiger partial charge on any atom is 0.126 e. The van der Waals surface area contributed by atoms with Crippen molar-refractivity contribution in [2.24, 2.45) is 5.92 Å². The number of nitrogens with zero attached hydrogens (tertiary/aromatic N) is 1. The summed E-state index contributed by atoms with van der Waals surface area (Å²) in [6, 6.07) is 18.8. The Labute approximate surface area is 175 Å². The van der Waals surface area contributed by atoms with Gasteiger partial charge in [0.25, 0.3) is 0 Å². The van der Waals surface area contributed by atoms with Gasteiger partial charge < -0.3 is 9.47 Å². The van der Waals surface area contributed by atoms with Crippen molar-refractivity contribution in [3.8, 4) is 17.6 Å². The molecule has 2 heterocycles. The highest BCUT2D eigenvalue weighted by molar-refractivity contribution is 5.39. The summed E-state index contributed by atoms with van der Waals surface area (Å²) in [6.07, 6.45) is 2.01. The lowest BCUT2D eigenvalue weighted by molar-refractivity contribution is -0.169. The van der Waals surface area contributed by atoms with Crippen LogP contribution in [0.15, 0.2) is 54.6 Å². The summed E-state index contributed by atoms with van der Waals surface area (Å²) in [5, 5.41) is 0. The molecule has 0 spiro atoms. The van der Waals surface area contributed by atoms with Crippen LogP contribution >= 0.6 is 0 Å². The summed E-state index contributed by atoms with van der Waals surface area (Å²) in [4.78, 5) is 2.24. The van der Waals surface area contributed by atoms with Crippen LogP contribution in [0, 0.1) is 17.8 Å². The molecule has 0 N–H and O–H groups in total. The first-order chi connectivity index (χ1) is 13.9. The molecule has 152 valence electrons. The molecule has 29 heavy (non-hydrogen) atoms. The molecule has 4 rings (SSSR count). The van der Waals surface area contributed by atoms with Crippen molar-refractivity contribution in [3.05, 3.63) is 65.7 Å². The summed E-state index contributed by atoms with van der Waals surface area (Å²) >= 11 is 0. The number of ether oxygens (including phenoxy) is 2. The second-order valence-corrected chi connectivity index (χ2v) is 9.12. The molecule has 2 aliphatic heterocycles. The summed E-state index contributed by atoms with van der Waals surface area (Å²) in [5.74, 6) is 8.11. The van der Waals surface area contributed by atoms with Crippen LogP contribution in [-0.4, -0.2) is 29.7 Å². The van der Waals surface area contributed by atoms with Gasteiger partial charge in [0.2, 0.25) is 0 Å². The van der Waals surface area contributed by atoms with Gasteiger partial charge in [0, 0.05) is 18.0 Å². The van der Waals surface area contributed by atoms with Crippen molar-refractivity contribution in [2.45, 2.75) is 57.5 Å². The number of hydrogen-bond donors (Lipinski definition) is 0. The van der Waals surface area contributed by atoms with Gasteiger partial charge >= 0.3 is 0 Å². The second-order valence-electron chi connectivity index (χ2n) is 9.12. The first-order valence-corrected chi connectivity index (χ1v) is 10.5. The van der Waals surface area contributed by atoms with Crippen LogP contribution in [0.4, 0.5) is 0 Å². The van der Waals surface area contributed by atoms with Crippen LogP contribution in [-0.2, 0) is 11.3 Å². The number of para-hydroxylation sites is 1.